The summed E-state index contributed by atoms with van der Waals surface area (Å²) in [5.41, 5.74) is -2.65. The van der Waals surface area contributed by atoms with Crippen LogP contribution >= 0.6 is 11.8 Å². The van der Waals surface area contributed by atoms with Crippen LogP contribution in [0.1, 0.15) is 26.7 Å². The van der Waals surface area contributed by atoms with E-state index < -0.39 is 29.6 Å². The van der Waals surface area contributed by atoms with Gasteiger partial charge in [0, 0.05) is 5.75 Å². The third-order valence-corrected chi connectivity index (χ3v) is 3.53. The van der Waals surface area contributed by atoms with Gasteiger partial charge in [-0.25, -0.2) is 19.3 Å². The summed E-state index contributed by atoms with van der Waals surface area (Å²) in [5.74, 6) is -3.97. The Hall–Kier alpha value is -1.32. The predicted molar refractivity (Wildman–Crippen MR) is 69.5 cm³/mol. The second kappa shape index (κ2) is 8.77. The highest BCUT2D eigenvalue weighted by Crippen LogP contribution is 2.16. The maximum atomic E-state index is 11.6. The second-order valence-corrected chi connectivity index (χ2v) is 5.24. The number of esters is 1. The van der Waals surface area contributed by atoms with E-state index in [0.717, 1.165) is 19.8 Å². The van der Waals surface area contributed by atoms with E-state index in [1.54, 1.807) is 0 Å². The van der Waals surface area contributed by atoms with Crippen molar-refractivity contribution in [1.29, 1.82) is 0 Å². The quantitative estimate of drug-likeness (QED) is 0.177. The molecule has 2 unspecified atom stereocenters. The van der Waals surface area contributed by atoms with Crippen molar-refractivity contribution in [1.82, 2.24) is 0 Å². The van der Waals surface area contributed by atoms with Crippen LogP contribution in [0.4, 0.5) is 0 Å². The minimum atomic E-state index is -2.65. The van der Waals surface area contributed by atoms with E-state index in [2.05, 4.69) is 9.62 Å². The number of rotatable bonds is 10. The minimum Gasteiger partial charge on any atom is -0.479 e. The van der Waals surface area contributed by atoms with Gasteiger partial charge in [0.15, 0.2) is 0 Å². The van der Waals surface area contributed by atoms with Gasteiger partial charge in [0.25, 0.3) is 5.60 Å². The van der Waals surface area contributed by atoms with Crippen molar-refractivity contribution >= 4 is 29.7 Å². The summed E-state index contributed by atoms with van der Waals surface area (Å²) < 4.78 is 4.58. The van der Waals surface area contributed by atoms with Gasteiger partial charge >= 0.3 is 17.9 Å². The second-order valence-electron chi connectivity index (χ2n) is 4.09. The first-order chi connectivity index (χ1) is 9.29. The molecule has 20 heavy (non-hydrogen) atoms. The lowest BCUT2D eigenvalue weighted by Crippen LogP contribution is -2.49. The Kier molecular flexibility index (Phi) is 8.19. The summed E-state index contributed by atoms with van der Waals surface area (Å²) in [7, 11) is 0. The van der Waals surface area contributed by atoms with Crippen LogP contribution in [0.5, 0.6) is 0 Å². The number of unbranched alkanes of at least 4 members (excludes halogenated alkanes) is 1. The molecule has 3 N–H and O–H groups in total. The summed E-state index contributed by atoms with van der Waals surface area (Å²) in [5, 5.41) is 26.2. The predicted octanol–water partition coefficient (Wildman–Crippen LogP) is 0.849. The lowest BCUT2D eigenvalue weighted by atomic mass is 10.1. The summed E-state index contributed by atoms with van der Waals surface area (Å²) >= 11 is 1.27. The number of carboxylic acid groups (broad SMARTS) is 2. The lowest BCUT2D eigenvalue weighted by Gasteiger charge is -2.21. The molecule has 9 heteroatoms. The van der Waals surface area contributed by atoms with Crippen LogP contribution in [0.2, 0.25) is 0 Å². The molecule has 0 radical (unpaired) electrons. The van der Waals surface area contributed by atoms with Crippen LogP contribution < -0.4 is 0 Å². The van der Waals surface area contributed by atoms with Crippen LogP contribution in [0, 0.1) is 0 Å². The van der Waals surface area contributed by atoms with E-state index in [4.69, 9.17) is 15.5 Å². The van der Waals surface area contributed by atoms with Gasteiger partial charge in [0.05, 0.1) is 0 Å². The number of hydrogen-bond acceptors (Lipinski definition) is 7. The molecule has 0 heterocycles. The van der Waals surface area contributed by atoms with Gasteiger partial charge in [-0.3, -0.25) is 5.26 Å². The molecule has 0 spiro atoms. The SMILES string of the molecule is CCCCSCC(OC(=O)C(C)(OO)C(=O)O)C(=O)O. The molecule has 0 rings (SSSR count). The third kappa shape index (κ3) is 5.35. The van der Waals surface area contributed by atoms with Gasteiger partial charge in [-0.1, -0.05) is 13.3 Å². The van der Waals surface area contributed by atoms with Crippen LogP contribution in [0.15, 0.2) is 0 Å². The van der Waals surface area contributed by atoms with E-state index >= 15 is 0 Å². The standard InChI is InChI=1S/C11H18O8S/c1-3-4-5-20-6-7(8(12)13)18-10(16)11(2,19-17)9(14)15/h7,17H,3-6H2,1-2H3,(H,12,13)(H,14,15). The Balaban J connectivity index is 4.62. The van der Waals surface area contributed by atoms with Crippen LogP contribution in [0.3, 0.4) is 0 Å². The van der Waals surface area contributed by atoms with Crippen molar-refractivity contribution in [2.45, 2.75) is 38.4 Å². The molecule has 0 aliphatic carbocycles. The monoisotopic (exact) mass is 310 g/mol. The number of hydrogen-bond donors (Lipinski definition) is 3. The van der Waals surface area contributed by atoms with E-state index in [9.17, 15) is 14.4 Å². The average molecular weight is 310 g/mol. The fourth-order valence-electron chi connectivity index (χ4n) is 0.998. The Morgan fingerprint density at radius 1 is 1.30 bits per heavy atom. The zero-order valence-electron chi connectivity index (χ0n) is 11.2. The lowest BCUT2D eigenvalue weighted by molar-refractivity contribution is -0.308. The van der Waals surface area contributed by atoms with Crippen molar-refractivity contribution in [3.05, 3.63) is 0 Å². The molecule has 0 aliphatic rings. The van der Waals surface area contributed by atoms with Crippen LogP contribution in [-0.2, 0) is 24.0 Å². The van der Waals surface area contributed by atoms with Crippen LogP contribution in [-0.4, -0.2) is 56.6 Å². The number of carbonyl (C=O) groups excluding carboxylic acids is 1. The smallest absolute Gasteiger partial charge is 0.354 e. The topological polar surface area (TPSA) is 130 Å². The molecule has 0 bridgehead atoms. The number of aliphatic carboxylic acids is 2. The summed E-state index contributed by atoms with van der Waals surface area (Å²) in [6.07, 6.45) is 0.329. The van der Waals surface area contributed by atoms with Gasteiger partial charge in [-0.05, 0) is 19.1 Å². The third-order valence-electron chi connectivity index (χ3n) is 2.42. The van der Waals surface area contributed by atoms with Gasteiger partial charge in [0.1, 0.15) is 0 Å². The first-order valence-electron chi connectivity index (χ1n) is 5.87. The molecule has 0 saturated heterocycles. The highest BCUT2D eigenvalue weighted by atomic mass is 32.2. The van der Waals surface area contributed by atoms with E-state index in [-0.39, 0.29) is 5.75 Å². The Bertz CT molecular complexity index is 358. The minimum absolute atomic E-state index is 0.0117. The molecule has 0 aromatic heterocycles. The van der Waals surface area contributed by atoms with Crippen molar-refractivity contribution in [2.24, 2.45) is 0 Å². The van der Waals surface area contributed by atoms with Gasteiger partial charge in [0.2, 0.25) is 6.10 Å². The maximum absolute atomic E-state index is 11.6. The molecular formula is C11H18O8S. The van der Waals surface area contributed by atoms with Gasteiger partial charge in [-0.2, -0.15) is 11.8 Å². The molecule has 2 atom stereocenters. The Labute approximate surface area is 120 Å². The number of thioether (sulfide) groups is 1. The first-order valence-corrected chi connectivity index (χ1v) is 7.02. The molecule has 116 valence electrons. The number of ether oxygens (including phenoxy) is 1. The Morgan fingerprint density at radius 2 is 1.90 bits per heavy atom. The van der Waals surface area contributed by atoms with Crippen molar-refractivity contribution in [3.8, 4) is 0 Å². The van der Waals surface area contributed by atoms with Gasteiger partial charge in [-0.15, -0.1) is 0 Å². The van der Waals surface area contributed by atoms with E-state index in [1.807, 2.05) is 6.92 Å². The number of carbonyl (C=O) groups is 3. The molecule has 0 saturated carbocycles. The normalized spacial score (nSPS) is 15.2. The highest BCUT2D eigenvalue weighted by molar-refractivity contribution is 7.99. The molecular weight excluding hydrogens is 292 g/mol. The van der Waals surface area contributed by atoms with Crippen molar-refractivity contribution < 1.29 is 39.5 Å². The fraction of sp³-hybridized carbons (Fsp3) is 0.727. The zero-order valence-corrected chi connectivity index (χ0v) is 12.0. The summed E-state index contributed by atoms with van der Waals surface area (Å²) in [4.78, 5) is 36.9. The number of carboxylic acids is 2. The van der Waals surface area contributed by atoms with Crippen molar-refractivity contribution in [3.63, 3.8) is 0 Å². The van der Waals surface area contributed by atoms with Crippen LogP contribution in [0.25, 0.3) is 0 Å². The largest absolute Gasteiger partial charge is 0.479 e. The van der Waals surface area contributed by atoms with E-state index in [0.29, 0.717) is 5.75 Å². The summed E-state index contributed by atoms with van der Waals surface area (Å²) in [6.45, 7) is 2.74. The maximum Gasteiger partial charge on any atom is 0.354 e. The zero-order chi connectivity index (χ0) is 15.8. The fourth-order valence-corrected chi connectivity index (χ4v) is 2.08. The molecule has 8 nitrogen and oxygen atoms in total. The molecule has 0 aromatic rings. The summed E-state index contributed by atoms with van der Waals surface area (Å²) in [6, 6.07) is 0. The molecule has 0 aromatic carbocycles. The van der Waals surface area contributed by atoms with Gasteiger partial charge < -0.3 is 14.9 Å². The molecule has 0 fully saturated rings. The highest BCUT2D eigenvalue weighted by Gasteiger charge is 2.47. The molecule has 0 amide bonds. The van der Waals surface area contributed by atoms with Crippen molar-refractivity contribution in [2.75, 3.05) is 11.5 Å². The first kappa shape index (κ1) is 18.7. The Morgan fingerprint density at radius 3 is 2.30 bits per heavy atom. The molecule has 0 aliphatic heterocycles. The van der Waals surface area contributed by atoms with E-state index in [1.165, 1.54) is 11.8 Å². The average Bonchev–Trinajstić information content (AvgIpc) is 2.40.